The lowest BCUT2D eigenvalue weighted by molar-refractivity contribution is -0.384. The van der Waals surface area contributed by atoms with E-state index < -0.39 is 4.92 Å². The number of nitrogens with zero attached hydrogens (tertiary/aromatic N) is 2. The maximum atomic E-state index is 11.8. The molecule has 0 unspecified atom stereocenters. The van der Waals surface area contributed by atoms with Crippen LogP contribution in [0, 0.1) is 21.4 Å². The van der Waals surface area contributed by atoms with Crippen LogP contribution in [0.25, 0.3) is 0 Å². The molecule has 0 saturated carbocycles. The Hall–Kier alpha value is -3.40. The van der Waals surface area contributed by atoms with Gasteiger partial charge in [-0.1, -0.05) is 12.1 Å². The van der Waals surface area contributed by atoms with Crippen LogP contribution in [0.15, 0.2) is 48.5 Å². The maximum Gasteiger partial charge on any atom is 0.269 e. The smallest absolute Gasteiger partial charge is 0.269 e. The first kappa shape index (κ1) is 17.9. The van der Waals surface area contributed by atoms with E-state index in [0.29, 0.717) is 31.5 Å². The maximum absolute atomic E-state index is 11.8. The van der Waals surface area contributed by atoms with Crippen molar-refractivity contribution in [2.45, 2.75) is 19.4 Å². The summed E-state index contributed by atoms with van der Waals surface area (Å²) in [4.78, 5) is 22.0. The molecular weight excluding hydrogens is 320 g/mol. The number of nitro groups is 1. The summed E-state index contributed by atoms with van der Waals surface area (Å²) in [5.41, 5.74) is 2.28. The molecular formula is C18H18N4O3. The van der Waals surface area contributed by atoms with Crippen LogP contribution in [0.4, 0.5) is 11.4 Å². The van der Waals surface area contributed by atoms with Crippen LogP contribution in [0.5, 0.6) is 0 Å². The van der Waals surface area contributed by atoms with Gasteiger partial charge in [0.1, 0.15) is 0 Å². The topological polar surface area (TPSA) is 108 Å². The first-order chi connectivity index (χ1) is 12.1. The molecule has 25 heavy (non-hydrogen) atoms. The fraction of sp³-hybridized carbons (Fsp3) is 0.222. The minimum absolute atomic E-state index is 0.0467. The van der Waals surface area contributed by atoms with Crippen LogP contribution < -0.4 is 10.6 Å². The van der Waals surface area contributed by atoms with Crippen LogP contribution in [0.3, 0.4) is 0 Å². The molecule has 0 bridgehead atoms. The average molecular weight is 338 g/mol. The SMILES string of the molecule is N#Cc1cccc(CNC(=O)CCCNc2ccc([N+](=O)[O-])cc2)c1. The third-order valence-electron chi connectivity index (χ3n) is 3.53. The van der Waals surface area contributed by atoms with Crippen molar-refractivity contribution in [3.63, 3.8) is 0 Å². The van der Waals surface area contributed by atoms with Gasteiger partial charge in [-0.2, -0.15) is 5.26 Å². The van der Waals surface area contributed by atoms with Crippen LogP contribution in [-0.4, -0.2) is 17.4 Å². The van der Waals surface area contributed by atoms with Gasteiger partial charge in [0.2, 0.25) is 5.91 Å². The first-order valence-electron chi connectivity index (χ1n) is 7.82. The summed E-state index contributed by atoms with van der Waals surface area (Å²) in [6.07, 6.45) is 1.01. The highest BCUT2D eigenvalue weighted by Gasteiger charge is 2.04. The minimum atomic E-state index is -0.444. The molecule has 7 nitrogen and oxygen atoms in total. The van der Waals surface area contributed by atoms with Crippen molar-refractivity contribution in [2.75, 3.05) is 11.9 Å². The summed E-state index contributed by atoms with van der Waals surface area (Å²) in [6.45, 7) is 0.985. The highest BCUT2D eigenvalue weighted by Crippen LogP contribution is 2.15. The molecule has 0 aromatic heterocycles. The second kappa shape index (κ2) is 9.03. The zero-order valence-corrected chi connectivity index (χ0v) is 13.6. The number of rotatable bonds is 8. The van der Waals surface area contributed by atoms with E-state index in [1.54, 1.807) is 30.3 Å². The predicted octanol–water partition coefficient (Wildman–Crippen LogP) is 2.97. The molecule has 2 rings (SSSR count). The number of benzene rings is 2. The van der Waals surface area contributed by atoms with Crippen molar-refractivity contribution < 1.29 is 9.72 Å². The summed E-state index contributed by atoms with van der Waals surface area (Å²) >= 11 is 0. The molecule has 7 heteroatoms. The number of carbonyl (C=O) groups excluding carboxylic acids is 1. The Morgan fingerprint density at radius 2 is 1.96 bits per heavy atom. The van der Waals surface area contributed by atoms with Crippen molar-refractivity contribution in [1.82, 2.24) is 5.32 Å². The quantitative estimate of drug-likeness (QED) is 0.437. The number of carbonyl (C=O) groups is 1. The zero-order chi connectivity index (χ0) is 18.1. The molecule has 128 valence electrons. The minimum Gasteiger partial charge on any atom is -0.385 e. The summed E-state index contributed by atoms with van der Waals surface area (Å²) in [7, 11) is 0. The summed E-state index contributed by atoms with van der Waals surface area (Å²) < 4.78 is 0. The van der Waals surface area contributed by atoms with Crippen LogP contribution in [0.1, 0.15) is 24.0 Å². The third-order valence-corrected chi connectivity index (χ3v) is 3.53. The first-order valence-corrected chi connectivity index (χ1v) is 7.82. The summed E-state index contributed by atoms with van der Waals surface area (Å²) in [5.74, 6) is -0.0622. The Kier molecular flexibility index (Phi) is 6.48. The highest BCUT2D eigenvalue weighted by atomic mass is 16.6. The van der Waals surface area contributed by atoms with Gasteiger partial charge in [0.05, 0.1) is 16.6 Å². The Balaban J connectivity index is 1.66. The van der Waals surface area contributed by atoms with Gasteiger partial charge in [-0.3, -0.25) is 14.9 Å². The Morgan fingerprint density at radius 3 is 2.64 bits per heavy atom. The monoisotopic (exact) mass is 338 g/mol. The fourth-order valence-electron chi connectivity index (χ4n) is 2.22. The van der Waals surface area contributed by atoms with Gasteiger partial charge in [0.15, 0.2) is 0 Å². The third kappa shape index (κ3) is 5.95. The van der Waals surface area contributed by atoms with E-state index in [9.17, 15) is 14.9 Å². The van der Waals surface area contributed by atoms with Gasteiger partial charge >= 0.3 is 0 Å². The highest BCUT2D eigenvalue weighted by molar-refractivity contribution is 5.75. The van der Waals surface area contributed by atoms with E-state index in [4.69, 9.17) is 5.26 Å². The Morgan fingerprint density at radius 1 is 1.20 bits per heavy atom. The Bertz CT molecular complexity index is 782. The van der Waals surface area contributed by atoms with E-state index in [-0.39, 0.29) is 11.6 Å². The van der Waals surface area contributed by atoms with Crippen molar-refractivity contribution in [2.24, 2.45) is 0 Å². The normalized spacial score (nSPS) is 9.88. The molecule has 0 radical (unpaired) electrons. The number of amides is 1. The van der Waals surface area contributed by atoms with Gasteiger partial charge in [-0.25, -0.2) is 0 Å². The lowest BCUT2D eigenvalue weighted by atomic mass is 10.1. The number of hydrogen-bond donors (Lipinski definition) is 2. The molecule has 2 N–H and O–H groups in total. The molecule has 0 aliphatic rings. The second-order valence-corrected chi connectivity index (χ2v) is 5.42. The van der Waals surface area contributed by atoms with E-state index >= 15 is 0 Å². The molecule has 0 spiro atoms. The molecule has 2 aromatic carbocycles. The largest absolute Gasteiger partial charge is 0.385 e. The van der Waals surface area contributed by atoms with Gasteiger partial charge < -0.3 is 10.6 Å². The van der Waals surface area contributed by atoms with Crippen LogP contribution >= 0.6 is 0 Å². The standard InChI is InChI=1S/C18H18N4O3/c19-12-14-3-1-4-15(11-14)13-21-18(23)5-2-10-20-16-6-8-17(9-7-16)22(24)25/h1,3-4,6-9,11,20H,2,5,10,13H2,(H,21,23). The second-order valence-electron chi connectivity index (χ2n) is 5.42. The summed E-state index contributed by atoms with van der Waals surface area (Å²) in [5, 5.41) is 25.3. The van der Waals surface area contributed by atoms with Crippen molar-refractivity contribution in [1.29, 1.82) is 5.26 Å². The fourth-order valence-corrected chi connectivity index (χ4v) is 2.22. The number of non-ortho nitro benzene ring substituents is 1. The lowest BCUT2D eigenvalue weighted by Gasteiger charge is -2.07. The number of nitriles is 1. The van der Waals surface area contributed by atoms with Gasteiger partial charge in [-0.15, -0.1) is 0 Å². The van der Waals surface area contributed by atoms with E-state index in [1.165, 1.54) is 12.1 Å². The predicted molar refractivity (Wildman–Crippen MR) is 93.8 cm³/mol. The molecule has 0 atom stereocenters. The molecule has 0 heterocycles. The van der Waals surface area contributed by atoms with Gasteiger partial charge in [-0.05, 0) is 36.2 Å². The van der Waals surface area contributed by atoms with E-state index in [2.05, 4.69) is 16.7 Å². The lowest BCUT2D eigenvalue weighted by Crippen LogP contribution is -2.23. The molecule has 1 amide bonds. The molecule has 2 aromatic rings. The van der Waals surface area contributed by atoms with Gasteiger partial charge in [0.25, 0.3) is 5.69 Å². The molecule has 0 fully saturated rings. The van der Waals surface area contributed by atoms with Crippen molar-refractivity contribution in [3.8, 4) is 6.07 Å². The van der Waals surface area contributed by atoms with Gasteiger partial charge in [0, 0.05) is 37.3 Å². The van der Waals surface area contributed by atoms with Crippen molar-refractivity contribution in [3.05, 3.63) is 69.8 Å². The number of nitrogens with one attached hydrogen (secondary N) is 2. The van der Waals surface area contributed by atoms with Crippen LogP contribution in [0.2, 0.25) is 0 Å². The molecule has 0 aliphatic heterocycles. The molecule has 0 aliphatic carbocycles. The summed E-state index contributed by atoms with van der Waals surface area (Å²) in [6, 6.07) is 15.3. The van der Waals surface area contributed by atoms with E-state index in [0.717, 1.165) is 11.3 Å². The molecule has 0 saturated heterocycles. The van der Waals surface area contributed by atoms with Crippen molar-refractivity contribution >= 4 is 17.3 Å². The number of nitro benzene ring substituents is 1. The van der Waals surface area contributed by atoms with Crippen LogP contribution in [-0.2, 0) is 11.3 Å². The average Bonchev–Trinajstić information content (AvgIpc) is 2.64. The number of anilines is 1. The Labute approximate surface area is 145 Å². The number of hydrogen-bond acceptors (Lipinski definition) is 5. The van der Waals surface area contributed by atoms with E-state index in [1.807, 2.05) is 6.07 Å². The zero-order valence-electron chi connectivity index (χ0n) is 13.6.